The lowest BCUT2D eigenvalue weighted by Gasteiger charge is -2.18. The molecule has 1 aliphatic heterocycles. The second kappa shape index (κ2) is 4.59. The third-order valence-electron chi connectivity index (χ3n) is 2.20. The molecule has 1 fully saturated rings. The van der Waals surface area contributed by atoms with Crippen molar-refractivity contribution in [3.05, 3.63) is 12.2 Å². The van der Waals surface area contributed by atoms with Crippen LogP contribution in [-0.2, 0) is 19.4 Å². The summed E-state index contributed by atoms with van der Waals surface area (Å²) in [5, 5.41) is 0. The number of sulfone groups is 1. The van der Waals surface area contributed by atoms with Crippen molar-refractivity contribution in [2.24, 2.45) is 5.92 Å². The van der Waals surface area contributed by atoms with Crippen LogP contribution in [0.5, 0.6) is 0 Å². The summed E-state index contributed by atoms with van der Waals surface area (Å²) < 4.78 is 26.9. The Labute approximate surface area is 83.9 Å². The molecule has 1 aliphatic rings. The van der Waals surface area contributed by atoms with Crippen LogP contribution < -0.4 is 0 Å². The molecule has 0 aliphatic carbocycles. The monoisotopic (exact) mass is 218 g/mol. The molecular formula is C9H14O4S. The first-order valence-electron chi connectivity index (χ1n) is 4.50. The maximum Gasteiger partial charge on any atom is 0.330 e. The molecule has 1 unspecified atom stereocenters. The summed E-state index contributed by atoms with van der Waals surface area (Å²) in [7, 11) is -1.59. The van der Waals surface area contributed by atoms with Gasteiger partial charge in [0.1, 0.15) is 0 Å². The zero-order valence-corrected chi connectivity index (χ0v) is 8.92. The van der Waals surface area contributed by atoms with Gasteiger partial charge in [-0.05, 0) is 18.8 Å². The Kier molecular flexibility index (Phi) is 3.69. The van der Waals surface area contributed by atoms with Crippen LogP contribution in [0.2, 0.25) is 0 Å². The van der Waals surface area contributed by atoms with E-state index in [9.17, 15) is 13.2 Å². The van der Waals surface area contributed by atoms with Crippen LogP contribution in [0.1, 0.15) is 12.8 Å². The number of hydrogen-bond acceptors (Lipinski definition) is 4. The molecule has 0 aromatic carbocycles. The molecule has 1 saturated heterocycles. The van der Waals surface area contributed by atoms with Crippen LogP contribution >= 0.6 is 0 Å². The van der Waals surface area contributed by atoms with Crippen molar-refractivity contribution < 1.29 is 17.9 Å². The van der Waals surface area contributed by atoms with Crippen LogP contribution in [0, 0.1) is 5.92 Å². The zero-order valence-electron chi connectivity index (χ0n) is 8.10. The fraction of sp³-hybridized carbons (Fsp3) is 0.667. The van der Waals surface area contributed by atoms with Gasteiger partial charge in [-0.25, -0.2) is 13.2 Å². The number of ether oxygens (including phenoxy) is 1. The normalized spacial score (nSPS) is 26.2. The second-order valence-corrected chi connectivity index (χ2v) is 5.63. The summed E-state index contributed by atoms with van der Waals surface area (Å²) in [6, 6.07) is 0. The average Bonchev–Trinajstić information content (AvgIpc) is 2.12. The molecule has 1 rings (SSSR count). The van der Waals surface area contributed by atoms with Gasteiger partial charge in [0.25, 0.3) is 0 Å². The van der Waals surface area contributed by atoms with Gasteiger partial charge in [0.05, 0.1) is 18.6 Å². The maximum atomic E-state index is 11.2. The molecule has 0 amide bonds. The largest absolute Gasteiger partial charge is 0.466 e. The first-order chi connectivity index (χ1) is 6.53. The van der Waals surface area contributed by atoms with E-state index in [-0.39, 0.29) is 17.4 Å². The highest BCUT2D eigenvalue weighted by Crippen LogP contribution is 2.19. The van der Waals surface area contributed by atoms with Gasteiger partial charge in [0.15, 0.2) is 9.84 Å². The van der Waals surface area contributed by atoms with E-state index < -0.39 is 15.8 Å². The molecular weight excluding hydrogens is 204 g/mol. The van der Waals surface area contributed by atoms with Gasteiger partial charge in [0, 0.05) is 6.08 Å². The van der Waals surface area contributed by atoms with Crippen LogP contribution in [-0.4, -0.2) is 33.0 Å². The van der Waals surface area contributed by atoms with E-state index in [1.165, 1.54) is 13.2 Å². The molecule has 0 N–H and O–H groups in total. The van der Waals surface area contributed by atoms with E-state index in [1.807, 2.05) is 0 Å². The van der Waals surface area contributed by atoms with Crippen molar-refractivity contribution in [2.75, 3.05) is 18.6 Å². The summed E-state index contributed by atoms with van der Waals surface area (Å²) in [4.78, 5) is 10.8. The molecule has 1 atom stereocenters. The minimum absolute atomic E-state index is 0.0344. The van der Waals surface area contributed by atoms with Gasteiger partial charge < -0.3 is 4.74 Å². The fourth-order valence-electron chi connectivity index (χ4n) is 1.49. The van der Waals surface area contributed by atoms with Gasteiger partial charge in [-0.2, -0.15) is 0 Å². The molecule has 14 heavy (non-hydrogen) atoms. The Morgan fingerprint density at radius 1 is 1.50 bits per heavy atom. The molecule has 0 aromatic heterocycles. The van der Waals surface area contributed by atoms with Crippen LogP contribution in [0.15, 0.2) is 12.2 Å². The minimum Gasteiger partial charge on any atom is -0.466 e. The van der Waals surface area contributed by atoms with E-state index in [2.05, 4.69) is 4.74 Å². The highest BCUT2D eigenvalue weighted by Gasteiger charge is 2.22. The predicted octanol–water partition coefficient (Wildman–Crippen LogP) is 0.540. The first-order valence-corrected chi connectivity index (χ1v) is 6.32. The average molecular weight is 218 g/mol. The van der Waals surface area contributed by atoms with Gasteiger partial charge in [-0.15, -0.1) is 0 Å². The Morgan fingerprint density at radius 2 is 2.21 bits per heavy atom. The van der Waals surface area contributed by atoms with Gasteiger partial charge >= 0.3 is 5.97 Å². The van der Waals surface area contributed by atoms with E-state index in [0.29, 0.717) is 6.42 Å². The fourth-order valence-corrected chi connectivity index (χ4v) is 3.20. The van der Waals surface area contributed by atoms with E-state index in [4.69, 9.17) is 0 Å². The third-order valence-corrected chi connectivity index (χ3v) is 4.05. The Bertz CT molecular complexity index is 329. The van der Waals surface area contributed by atoms with Crippen molar-refractivity contribution >= 4 is 15.8 Å². The van der Waals surface area contributed by atoms with Crippen LogP contribution in [0.3, 0.4) is 0 Å². The predicted molar refractivity (Wildman–Crippen MR) is 52.5 cm³/mol. The number of rotatable bonds is 2. The number of allylic oxidation sites excluding steroid dienone is 1. The third kappa shape index (κ3) is 3.49. The molecule has 0 spiro atoms. The smallest absolute Gasteiger partial charge is 0.330 e. The molecule has 0 aromatic rings. The molecule has 5 heteroatoms. The van der Waals surface area contributed by atoms with Gasteiger partial charge in [-0.3, -0.25) is 0 Å². The number of methoxy groups -OCH3 is 1. The quantitative estimate of drug-likeness (QED) is 0.501. The topological polar surface area (TPSA) is 60.4 Å². The molecule has 0 bridgehead atoms. The van der Waals surface area contributed by atoms with E-state index in [1.54, 1.807) is 6.08 Å². The molecule has 0 radical (unpaired) electrons. The lowest BCUT2D eigenvalue weighted by molar-refractivity contribution is -0.134. The highest BCUT2D eigenvalue weighted by molar-refractivity contribution is 7.91. The standard InChI is InChI=1S/C9H14O4S/c1-13-9(10)5-4-8-3-2-6-14(11,12)7-8/h4-5,8H,2-3,6-7H2,1H3/b5-4-. The van der Waals surface area contributed by atoms with Crippen molar-refractivity contribution in [1.29, 1.82) is 0 Å². The van der Waals surface area contributed by atoms with Crippen molar-refractivity contribution in [3.8, 4) is 0 Å². The lowest BCUT2D eigenvalue weighted by Crippen LogP contribution is -2.23. The van der Waals surface area contributed by atoms with Gasteiger partial charge in [-0.1, -0.05) is 6.08 Å². The highest BCUT2D eigenvalue weighted by atomic mass is 32.2. The summed E-state index contributed by atoms with van der Waals surface area (Å²) in [5.74, 6) is -0.0448. The maximum absolute atomic E-state index is 11.2. The summed E-state index contributed by atoms with van der Waals surface area (Å²) >= 11 is 0. The SMILES string of the molecule is COC(=O)/C=C\C1CCCS(=O)(=O)C1. The summed E-state index contributed by atoms with van der Waals surface area (Å²) in [6.45, 7) is 0. The Hall–Kier alpha value is -0.840. The zero-order chi connectivity index (χ0) is 10.6. The molecule has 0 saturated carbocycles. The first kappa shape index (κ1) is 11.2. The van der Waals surface area contributed by atoms with Crippen molar-refractivity contribution in [2.45, 2.75) is 12.8 Å². The number of carbonyl (C=O) groups is 1. The van der Waals surface area contributed by atoms with E-state index >= 15 is 0 Å². The number of hydrogen-bond donors (Lipinski definition) is 0. The minimum atomic E-state index is -2.89. The lowest BCUT2D eigenvalue weighted by atomic mass is 10.1. The molecule has 4 nitrogen and oxygen atoms in total. The Balaban J connectivity index is 2.54. The molecule has 80 valence electrons. The van der Waals surface area contributed by atoms with Crippen LogP contribution in [0.4, 0.5) is 0 Å². The number of carbonyl (C=O) groups excluding carboxylic acids is 1. The Morgan fingerprint density at radius 3 is 2.79 bits per heavy atom. The van der Waals surface area contributed by atoms with Crippen molar-refractivity contribution in [3.63, 3.8) is 0 Å². The number of esters is 1. The van der Waals surface area contributed by atoms with E-state index in [0.717, 1.165) is 6.42 Å². The van der Waals surface area contributed by atoms with Crippen LogP contribution in [0.25, 0.3) is 0 Å². The second-order valence-electron chi connectivity index (χ2n) is 3.40. The summed E-state index contributed by atoms with van der Waals surface area (Å²) in [5.41, 5.74) is 0. The molecule has 1 heterocycles. The van der Waals surface area contributed by atoms with Gasteiger partial charge in [0.2, 0.25) is 0 Å². The summed E-state index contributed by atoms with van der Waals surface area (Å²) in [6.07, 6.45) is 4.43. The van der Waals surface area contributed by atoms with Crippen molar-refractivity contribution in [1.82, 2.24) is 0 Å².